The van der Waals surface area contributed by atoms with E-state index in [1.54, 1.807) is 6.20 Å². The Balaban J connectivity index is 0.000000366. The lowest BCUT2D eigenvalue weighted by Crippen LogP contribution is -2.15. The molecule has 3 aromatic rings. The Morgan fingerprint density at radius 1 is 1.13 bits per heavy atom. The van der Waals surface area contributed by atoms with Crippen molar-refractivity contribution in [3.05, 3.63) is 64.2 Å². The molecule has 12 nitrogen and oxygen atoms in total. The van der Waals surface area contributed by atoms with Gasteiger partial charge in [0.2, 0.25) is 5.95 Å². The summed E-state index contributed by atoms with van der Waals surface area (Å²) in [6.45, 7) is 0.402. The van der Waals surface area contributed by atoms with E-state index in [4.69, 9.17) is 33.9 Å². The fourth-order valence-electron chi connectivity index (χ4n) is 2.14. The summed E-state index contributed by atoms with van der Waals surface area (Å²) in [6, 6.07) is 7.37. The molecule has 0 spiro atoms. The number of aromatic amines is 1. The topological polar surface area (TPSA) is 210 Å². The van der Waals surface area contributed by atoms with Gasteiger partial charge in [0.1, 0.15) is 4.99 Å². The van der Waals surface area contributed by atoms with E-state index in [-0.39, 0.29) is 17.1 Å². The monoisotopic (exact) mass is 443 g/mol. The van der Waals surface area contributed by atoms with Crippen LogP contribution < -0.4 is 22.3 Å². The van der Waals surface area contributed by atoms with Gasteiger partial charge >= 0.3 is 11.9 Å². The first kappa shape index (κ1) is 22.9. The van der Waals surface area contributed by atoms with Gasteiger partial charge < -0.3 is 27.0 Å². The second-order valence-corrected chi connectivity index (χ2v) is 6.23. The number of anilines is 2. The van der Waals surface area contributed by atoms with Gasteiger partial charge in [0, 0.05) is 23.4 Å². The van der Waals surface area contributed by atoms with Gasteiger partial charge in [-0.15, -0.1) is 0 Å². The number of aliphatic carboxylic acids is 2. The molecule has 13 heteroatoms. The Labute approximate surface area is 179 Å². The van der Waals surface area contributed by atoms with Crippen molar-refractivity contribution in [2.24, 2.45) is 5.73 Å². The van der Waals surface area contributed by atoms with E-state index < -0.39 is 17.5 Å². The zero-order valence-electron chi connectivity index (χ0n) is 15.8. The van der Waals surface area contributed by atoms with Crippen molar-refractivity contribution in [2.75, 3.05) is 11.1 Å². The molecule has 3 rings (SSSR count). The van der Waals surface area contributed by atoms with Gasteiger partial charge in [-0.05, 0) is 24.3 Å². The molecule has 0 atom stereocenters. The highest BCUT2D eigenvalue weighted by Gasteiger charge is 2.06. The average Bonchev–Trinajstić information content (AvgIpc) is 2.71. The molecule has 1 aromatic carbocycles. The minimum absolute atomic E-state index is 0.0144. The van der Waals surface area contributed by atoms with Crippen molar-refractivity contribution in [2.45, 2.75) is 6.54 Å². The molecule has 0 saturated carbocycles. The summed E-state index contributed by atoms with van der Waals surface area (Å²) in [5.74, 6) is -2.50. The van der Waals surface area contributed by atoms with Gasteiger partial charge in [0.05, 0.1) is 18.4 Å². The van der Waals surface area contributed by atoms with E-state index in [0.29, 0.717) is 29.4 Å². The number of carbonyl (C=O) groups is 2. The summed E-state index contributed by atoms with van der Waals surface area (Å²) >= 11 is 4.90. The first-order valence-corrected chi connectivity index (χ1v) is 8.85. The zero-order valence-corrected chi connectivity index (χ0v) is 16.6. The van der Waals surface area contributed by atoms with Crippen molar-refractivity contribution < 1.29 is 19.8 Å². The lowest BCUT2D eigenvalue weighted by molar-refractivity contribution is -0.134. The first-order valence-electron chi connectivity index (χ1n) is 8.45. The maximum Gasteiger partial charge on any atom is 0.328 e. The van der Waals surface area contributed by atoms with Gasteiger partial charge in [-0.25, -0.2) is 19.6 Å². The molecule has 160 valence electrons. The number of nitrogen functional groups attached to an aromatic ring is 1. The standard InChI is InChI=1S/C14H13N7OS.C4H4O4/c15-11(23)7-1-3-8(4-2-7)17-5-9-6-18-12-10(19-9)13(22)21-14(16)20-12;5-3(6)1-2-4(7)8/h1-4,6,17H,5H2,(H2,15,23)(H3,16,18,20,21,22);1-2H,(H,5,6)(H,7,8)/b;2-1+. The summed E-state index contributed by atoms with van der Waals surface area (Å²) in [6.07, 6.45) is 2.66. The van der Waals surface area contributed by atoms with Crippen LogP contribution in [0.5, 0.6) is 0 Å². The number of nitrogens with one attached hydrogen (secondary N) is 2. The molecule has 0 amide bonds. The van der Waals surface area contributed by atoms with Crippen molar-refractivity contribution in [3.8, 4) is 0 Å². The Morgan fingerprint density at radius 2 is 1.74 bits per heavy atom. The van der Waals surface area contributed by atoms with E-state index in [1.165, 1.54) is 0 Å². The quantitative estimate of drug-likeness (QED) is 0.224. The number of hydrogen-bond donors (Lipinski definition) is 6. The normalized spacial score (nSPS) is 10.3. The molecule has 0 unspecified atom stereocenters. The van der Waals surface area contributed by atoms with E-state index >= 15 is 0 Å². The lowest BCUT2D eigenvalue weighted by Gasteiger charge is -2.07. The molecular weight excluding hydrogens is 426 g/mol. The van der Waals surface area contributed by atoms with Crippen LogP contribution >= 0.6 is 12.2 Å². The van der Waals surface area contributed by atoms with Crippen LogP contribution in [0.25, 0.3) is 11.2 Å². The molecule has 8 N–H and O–H groups in total. The van der Waals surface area contributed by atoms with Crippen LogP contribution in [0, 0.1) is 0 Å². The molecule has 2 aromatic heterocycles. The summed E-state index contributed by atoms with van der Waals surface area (Å²) in [4.78, 5) is 45.9. The fraction of sp³-hybridized carbons (Fsp3) is 0.0556. The van der Waals surface area contributed by atoms with Crippen LogP contribution in [0.4, 0.5) is 11.6 Å². The second kappa shape index (κ2) is 10.4. The third kappa shape index (κ3) is 7.17. The second-order valence-electron chi connectivity index (χ2n) is 5.79. The molecule has 31 heavy (non-hydrogen) atoms. The Morgan fingerprint density at radius 3 is 2.29 bits per heavy atom. The largest absolute Gasteiger partial charge is 0.478 e. The number of fused-ring (bicyclic) bond motifs is 1. The number of rotatable bonds is 6. The summed E-state index contributed by atoms with van der Waals surface area (Å²) in [5.41, 5.74) is 13.3. The number of carboxylic acids is 2. The van der Waals surface area contributed by atoms with Crippen molar-refractivity contribution in [1.82, 2.24) is 19.9 Å². The molecule has 0 aliphatic rings. The molecule has 0 aliphatic heterocycles. The van der Waals surface area contributed by atoms with Crippen LogP contribution in [0.1, 0.15) is 11.3 Å². The minimum Gasteiger partial charge on any atom is -0.478 e. The predicted molar refractivity (Wildman–Crippen MR) is 116 cm³/mol. The molecule has 0 fully saturated rings. The van der Waals surface area contributed by atoms with Crippen molar-refractivity contribution >= 4 is 51.9 Å². The van der Waals surface area contributed by atoms with E-state index in [9.17, 15) is 14.4 Å². The maximum absolute atomic E-state index is 11.8. The number of H-pyrrole nitrogens is 1. The highest BCUT2D eigenvalue weighted by Crippen LogP contribution is 2.11. The first-order chi connectivity index (χ1) is 14.7. The number of thiocarbonyl (C=S) groups is 1. The third-order valence-corrected chi connectivity index (χ3v) is 3.73. The molecule has 0 saturated heterocycles. The predicted octanol–water partition coefficient (Wildman–Crippen LogP) is 0.253. The van der Waals surface area contributed by atoms with Crippen molar-refractivity contribution in [3.63, 3.8) is 0 Å². The molecule has 0 radical (unpaired) electrons. The van der Waals surface area contributed by atoms with Crippen LogP contribution in [0.15, 0.2) is 47.4 Å². The van der Waals surface area contributed by atoms with Gasteiger partial charge in [0.15, 0.2) is 11.2 Å². The highest BCUT2D eigenvalue weighted by molar-refractivity contribution is 7.80. The molecule has 2 heterocycles. The number of nitrogens with zero attached hydrogens (tertiary/aromatic N) is 3. The average molecular weight is 443 g/mol. The highest BCUT2D eigenvalue weighted by atomic mass is 32.1. The van der Waals surface area contributed by atoms with Crippen LogP contribution in [0.3, 0.4) is 0 Å². The van der Waals surface area contributed by atoms with Gasteiger partial charge in [0.25, 0.3) is 5.56 Å². The molecular formula is C18H17N7O5S. The maximum atomic E-state index is 11.8. The van der Waals surface area contributed by atoms with Gasteiger partial charge in [-0.2, -0.15) is 4.98 Å². The Bertz CT molecular complexity index is 1190. The van der Waals surface area contributed by atoms with E-state index in [0.717, 1.165) is 11.3 Å². The van der Waals surface area contributed by atoms with Gasteiger partial charge in [-0.1, -0.05) is 12.2 Å². The van der Waals surface area contributed by atoms with E-state index in [1.807, 2.05) is 24.3 Å². The lowest BCUT2D eigenvalue weighted by atomic mass is 10.2. The SMILES string of the molecule is NC(=S)c1ccc(NCc2cnc3nc(N)[nH]c(=O)c3n2)cc1.O=C(O)/C=C/C(=O)O. The van der Waals surface area contributed by atoms with Crippen LogP contribution in [-0.2, 0) is 16.1 Å². The minimum atomic E-state index is -1.26. The van der Waals surface area contributed by atoms with Crippen molar-refractivity contribution in [1.29, 1.82) is 0 Å². The number of aromatic nitrogens is 4. The number of carboxylic acid groups (broad SMARTS) is 2. The van der Waals surface area contributed by atoms with Crippen LogP contribution in [0.2, 0.25) is 0 Å². The smallest absolute Gasteiger partial charge is 0.328 e. The van der Waals surface area contributed by atoms with Crippen LogP contribution in [-0.4, -0.2) is 47.1 Å². The number of benzene rings is 1. The Hall–Kier alpha value is -4.39. The number of hydrogen-bond acceptors (Lipinski definition) is 9. The van der Waals surface area contributed by atoms with E-state index in [2.05, 4.69) is 25.3 Å². The van der Waals surface area contributed by atoms with Gasteiger partial charge in [-0.3, -0.25) is 9.78 Å². The fourth-order valence-corrected chi connectivity index (χ4v) is 2.28. The molecule has 0 bridgehead atoms. The summed E-state index contributed by atoms with van der Waals surface area (Å²) in [7, 11) is 0. The Kier molecular flexibility index (Phi) is 7.68. The number of nitrogens with two attached hydrogens (primary N) is 2. The summed E-state index contributed by atoms with van der Waals surface area (Å²) in [5, 5.41) is 18.8. The third-order valence-electron chi connectivity index (χ3n) is 3.50. The molecule has 0 aliphatic carbocycles. The zero-order chi connectivity index (χ0) is 23.0. The summed E-state index contributed by atoms with van der Waals surface area (Å²) < 4.78 is 0.